The molecule has 2 aromatic rings. The van der Waals surface area contributed by atoms with Crippen molar-refractivity contribution in [2.45, 2.75) is 26.7 Å². The molecule has 0 saturated heterocycles. The maximum absolute atomic E-state index is 4.67. The number of aryl methyl sites for hydroxylation is 1. The van der Waals surface area contributed by atoms with Crippen LogP contribution in [0.4, 0.5) is 5.82 Å². The lowest BCUT2D eigenvalue weighted by Crippen LogP contribution is -2.08. The molecule has 5 heteroatoms. The van der Waals surface area contributed by atoms with Crippen molar-refractivity contribution in [3.8, 4) is 11.4 Å². The van der Waals surface area contributed by atoms with Crippen LogP contribution in [-0.2, 0) is 7.05 Å². The van der Waals surface area contributed by atoms with Crippen molar-refractivity contribution in [3.63, 3.8) is 0 Å². The summed E-state index contributed by atoms with van der Waals surface area (Å²) < 4.78 is 1.83. The van der Waals surface area contributed by atoms with Crippen LogP contribution in [0.1, 0.15) is 31.2 Å². The highest BCUT2D eigenvalue weighted by molar-refractivity contribution is 5.65. The minimum absolute atomic E-state index is 0.296. The number of hydrogen-bond acceptors (Lipinski definition) is 4. The molecule has 0 fully saturated rings. The van der Waals surface area contributed by atoms with Gasteiger partial charge in [0.05, 0.1) is 11.4 Å². The first-order valence-corrected chi connectivity index (χ1v) is 6.09. The van der Waals surface area contributed by atoms with E-state index in [4.69, 9.17) is 0 Å². The van der Waals surface area contributed by atoms with Gasteiger partial charge in [-0.05, 0) is 13.0 Å². The Morgan fingerprint density at radius 2 is 2.00 bits per heavy atom. The van der Waals surface area contributed by atoms with Gasteiger partial charge in [0.15, 0.2) is 0 Å². The molecule has 96 valence electrons. The summed E-state index contributed by atoms with van der Waals surface area (Å²) in [7, 11) is 3.80. The lowest BCUT2D eigenvalue weighted by atomic mass is 10.1. The Morgan fingerprint density at radius 1 is 1.28 bits per heavy atom. The Kier molecular flexibility index (Phi) is 3.32. The van der Waals surface area contributed by atoms with Crippen LogP contribution in [-0.4, -0.2) is 26.8 Å². The largest absolute Gasteiger partial charge is 0.373 e. The molecule has 2 rings (SSSR count). The molecular weight excluding hydrogens is 226 g/mol. The average molecular weight is 245 g/mol. The molecule has 18 heavy (non-hydrogen) atoms. The molecule has 0 amide bonds. The number of rotatable bonds is 3. The SMILES string of the molecule is CNc1nc(C(C)C)nc(-c2ccnn2C)c1C. The monoisotopic (exact) mass is 245 g/mol. The Balaban J connectivity index is 2.66. The summed E-state index contributed by atoms with van der Waals surface area (Å²) in [6, 6.07) is 1.97. The van der Waals surface area contributed by atoms with Crippen molar-refractivity contribution in [2.24, 2.45) is 7.05 Å². The van der Waals surface area contributed by atoms with Crippen LogP contribution >= 0.6 is 0 Å². The third kappa shape index (κ3) is 2.08. The second-order valence-corrected chi connectivity index (χ2v) is 4.65. The van der Waals surface area contributed by atoms with Gasteiger partial charge < -0.3 is 5.32 Å². The standard InChI is InChI=1S/C13H19N5/c1-8(2)12-16-11(9(3)13(14-4)17-12)10-6-7-15-18(10)5/h6-8H,1-5H3,(H,14,16,17). The normalized spacial score (nSPS) is 11.0. The molecule has 0 aliphatic rings. The van der Waals surface area contributed by atoms with Crippen molar-refractivity contribution in [1.82, 2.24) is 19.7 Å². The summed E-state index contributed by atoms with van der Waals surface area (Å²) >= 11 is 0. The molecule has 0 bridgehead atoms. The highest BCUT2D eigenvalue weighted by Gasteiger charge is 2.15. The molecule has 0 radical (unpaired) electrons. The van der Waals surface area contributed by atoms with Crippen LogP contribution in [0.15, 0.2) is 12.3 Å². The lowest BCUT2D eigenvalue weighted by Gasteiger charge is -2.13. The van der Waals surface area contributed by atoms with Crippen molar-refractivity contribution in [1.29, 1.82) is 0 Å². The maximum Gasteiger partial charge on any atom is 0.134 e. The molecule has 0 aromatic carbocycles. The van der Waals surface area contributed by atoms with Gasteiger partial charge >= 0.3 is 0 Å². The van der Waals surface area contributed by atoms with E-state index in [2.05, 4.69) is 34.2 Å². The molecule has 1 N–H and O–H groups in total. The quantitative estimate of drug-likeness (QED) is 0.901. The van der Waals surface area contributed by atoms with Gasteiger partial charge in [0, 0.05) is 31.8 Å². The molecule has 2 aromatic heterocycles. The van der Waals surface area contributed by atoms with Crippen LogP contribution in [0.25, 0.3) is 11.4 Å². The average Bonchev–Trinajstić information content (AvgIpc) is 2.75. The first-order valence-electron chi connectivity index (χ1n) is 6.09. The second kappa shape index (κ2) is 4.76. The van der Waals surface area contributed by atoms with Crippen molar-refractivity contribution < 1.29 is 0 Å². The Hall–Kier alpha value is -1.91. The maximum atomic E-state index is 4.67. The summed E-state index contributed by atoms with van der Waals surface area (Å²) in [5.74, 6) is 2.02. The topological polar surface area (TPSA) is 55.6 Å². The number of anilines is 1. The number of hydrogen-bond donors (Lipinski definition) is 1. The third-order valence-corrected chi connectivity index (χ3v) is 2.98. The molecule has 0 atom stereocenters. The zero-order valence-corrected chi connectivity index (χ0v) is 11.5. The predicted octanol–water partition coefficient (Wildman–Crippen LogP) is 2.35. The molecule has 2 heterocycles. The predicted molar refractivity (Wildman–Crippen MR) is 72.6 cm³/mol. The van der Waals surface area contributed by atoms with Crippen LogP contribution in [0.2, 0.25) is 0 Å². The van der Waals surface area contributed by atoms with E-state index in [1.165, 1.54) is 0 Å². The molecule has 5 nitrogen and oxygen atoms in total. The Morgan fingerprint density at radius 3 is 2.50 bits per heavy atom. The van der Waals surface area contributed by atoms with Gasteiger partial charge in [0.1, 0.15) is 11.6 Å². The zero-order valence-electron chi connectivity index (χ0n) is 11.5. The van der Waals surface area contributed by atoms with E-state index in [1.807, 2.05) is 31.8 Å². The molecule has 0 unspecified atom stereocenters. The van der Waals surface area contributed by atoms with E-state index in [9.17, 15) is 0 Å². The highest BCUT2D eigenvalue weighted by atomic mass is 15.3. The van der Waals surface area contributed by atoms with E-state index >= 15 is 0 Å². The van der Waals surface area contributed by atoms with E-state index < -0.39 is 0 Å². The summed E-state index contributed by atoms with van der Waals surface area (Å²) in [6.45, 7) is 6.21. The van der Waals surface area contributed by atoms with E-state index in [-0.39, 0.29) is 0 Å². The summed E-state index contributed by atoms with van der Waals surface area (Å²) in [6.07, 6.45) is 1.78. The van der Waals surface area contributed by atoms with Crippen molar-refractivity contribution >= 4 is 5.82 Å². The molecule has 0 aliphatic heterocycles. The number of aromatic nitrogens is 4. The molecule has 0 saturated carbocycles. The second-order valence-electron chi connectivity index (χ2n) is 4.65. The van der Waals surface area contributed by atoms with Crippen LogP contribution < -0.4 is 5.32 Å². The first-order chi connectivity index (χ1) is 8.54. The van der Waals surface area contributed by atoms with Gasteiger partial charge in [-0.3, -0.25) is 4.68 Å². The third-order valence-electron chi connectivity index (χ3n) is 2.98. The van der Waals surface area contributed by atoms with Crippen LogP contribution in [0, 0.1) is 6.92 Å². The van der Waals surface area contributed by atoms with Gasteiger partial charge in [-0.2, -0.15) is 5.10 Å². The summed E-state index contributed by atoms with van der Waals surface area (Å²) in [5, 5.41) is 7.33. The smallest absolute Gasteiger partial charge is 0.134 e. The minimum Gasteiger partial charge on any atom is -0.373 e. The fraction of sp³-hybridized carbons (Fsp3) is 0.462. The van der Waals surface area contributed by atoms with Crippen molar-refractivity contribution in [3.05, 3.63) is 23.7 Å². The zero-order chi connectivity index (χ0) is 13.3. The minimum atomic E-state index is 0.296. The van der Waals surface area contributed by atoms with E-state index in [0.717, 1.165) is 28.6 Å². The Bertz CT molecular complexity index is 557. The highest BCUT2D eigenvalue weighted by Crippen LogP contribution is 2.26. The van der Waals surface area contributed by atoms with Gasteiger partial charge in [-0.15, -0.1) is 0 Å². The van der Waals surface area contributed by atoms with Gasteiger partial charge in [-0.1, -0.05) is 13.8 Å². The van der Waals surface area contributed by atoms with E-state index in [0.29, 0.717) is 5.92 Å². The van der Waals surface area contributed by atoms with Crippen LogP contribution in [0.3, 0.4) is 0 Å². The van der Waals surface area contributed by atoms with Crippen LogP contribution in [0.5, 0.6) is 0 Å². The van der Waals surface area contributed by atoms with Crippen molar-refractivity contribution in [2.75, 3.05) is 12.4 Å². The fourth-order valence-electron chi connectivity index (χ4n) is 1.89. The first kappa shape index (κ1) is 12.5. The Labute approximate surface area is 107 Å². The molecular formula is C13H19N5. The van der Waals surface area contributed by atoms with Gasteiger partial charge in [-0.25, -0.2) is 9.97 Å². The molecule has 0 spiro atoms. The summed E-state index contributed by atoms with van der Waals surface area (Å²) in [5.41, 5.74) is 3.00. The van der Waals surface area contributed by atoms with Gasteiger partial charge in [0.25, 0.3) is 0 Å². The lowest BCUT2D eigenvalue weighted by molar-refractivity contribution is 0.754. The summed E-state index contributed by atoms with van der Waals surface area (Å²) in [4.78, 5) is 9.21. The van der Waals surface area contributed by atoms with E-state index in [1.54, 1.807) is 6.20 Å². The van der Waals surface area contributed by atoms with Gasteiger partial charge in [0.2, 0.25) is 0 Å². The number of nitrogens with zero attached hydrogens (tertiary/aromatic N) is 4. The number of nitrogens with one attached hydrogen (secondary N) is 1. The fourth-order valence-corrected chi connectivity index (χ4v) is 1.89. The molecule has 0 aliphatic carbocycles.